The Kier molecular flexibility index (Phi) is 29.5. The maximum Gasteiger partial charge on any atom is 0.217 e. The van der Waals surface area contributed by atoms with E-state index in [1.807, 2.05) is 0 Å². The summed E-state index contributed by atoms with van der Waals surface area (Å²) in [5.74, 6) is -1.68. The van der Waals surface area contributed by atoms with Crippen molar-refractivity contribution in [2.45, 2.75) is 272 Å². The molecule has 28 N–H and O–H groups in total. The maximum absolute atomic E-state index is 12.8. The van der Waals surface area contributed by atoms with Crippen LogP contribution >= 0.6 is 0 Å². The molecule has 0 aliphatic carbocycles. The summed E-state index contributed by atoms with van der Waals surface area (Å²) >= 11 is 0. The number of amides is 2. The van der Waals surface area contributed by atoms with Crippen LogP contribution < -0.4 is 10.6 Å². The SMILES string of the molecule is CC(=O)N[C@H]1[C@H](O[C@H]2[C@@H](O)[C@@H](CO)O[C@@H](O[C@H]3[C@H](O)[C@@H](O)[C@H](O[C@H]4[C@H](O)[C@H](O)[C@@H](O)O[C@@H]4[C@@H](O)CO)O[C@@H]3CO[C@H]3O[C@H]([C@H](O)CO)[C@@H](O[C@@H]4O[C@H](CO)[C@@H](O)[C@H](O)[C@H]4O)[C@H](O)[C@@H]3O)[C@@H]2O)O[C@H](CO)[C@@H](O[C@@H]2O[C@H](CO[C@H]3O[C@H](CO)[C@H](O)[C@H](O)[C@H]3NC(C)=O)[C@H](O)[C@H](O)[C@H]2O)[C@@H]1O. The first-order chi connectivity index (χ1) is 46.8. The minimum atomic E-state index is -2.47. The number of aliphatic hydroxyl groups excluding tert-OH is 26. The highest BCUT2D eigenvalue weighted by Crippen LogP contribution is 2.39. The number of carbonyl (C=O) groups is 2. The monoisotopic (exact) mass is 1460 g/mol. The molecule has 8 aliphatic heterocycles. The van der Waals surface area contributed by atoms with Gasteiger partial charge in [-0.15, -0.1) is 0 Å². The Morgan fingerprint density at radius 1 is 0.313 bits per heavy atom. The topological polar surface area (TPSA) is 723 Å². The predicted molar refractivity (Wildman–Crippen MR) is 300 cm³/mol. The van der Waals surface area contributed by atoms with Gasteiger partial charge >= 0.3 is 0 Å². The molecule has 8 aliphatic rings. The van der Waals surface area contributed by atoms with Gasteiger partial charge in [-0.2, -0.15) is 0 Å². The van der Waals surface area contributed by atoms with Crippen LogP contribution in [0.25, 0.3) is 0 Å². The van der Waals surface area contributed by atoms with Gasteiger partial charge in [-0.05, 0) is 0 Å². The second kappa shape index (κ2) is 35.6. The van der Waals surface area contributed by atoms with Gasteiger partial charge in [0.25, 0.3) is 0 Å². The highest BCUT2D eigenvalue weighted by Gasteiger charge is 2.60. The second-order valence-electron chi connectivity index (χ2n) is 24.9. The lowest BCUT2D eigenvalue weighted by Gasteiger charge is -2.50. The molecule has 0 aromatic rings. The molecule has 576 valence electrons. The van der Waals surface area contributed by atoms with E-state index in [9.17, 15) is 142 Å². The summed E-state index contributed by atoms with van der Waals surface area (Å²) in [5.41, 5.74) is 0. The molecule has 8 rings (SSSR count). The van der Waals surface area contributed by atoms with Crippen molar-refractivity contribution in [3.63, 3.8) is 0 Å². The summed E-state index contributed by atoms with van der Waals surface area (Å²) in [7, 11) is 0. The molecule has 0 radical (unpaired) electrons. The fourth-order valence-electron chi connectivity index (χ4n) is 12.5. The summed E-state index contributed by atoms with van der Waals surface area (Å²) in [6.07, 6.45) is -83.1. The first-order valence-electron chi connectivity index (χ1n) is 31.3. The number of rotatable bonds is 26. The molecule has 2 amide bonds. The van der Waals surface area contributed by atoms with Crippen LogP contribution in [0, 0.1) is 0 Å². The average molecular weight is 1460 g/mol. The molecule has 8 heterocycles. The van der Waals surface area contributed by atoms with Gasteiger partial charge in [-0.25, -0.2) is 0 Å². The van der Waals surface area contributed by atoms with Crippen molar-refractivity contribution in [1.82, 2.24) is 10.6 Å². The zero-order valence-corrected chi connectivity index (χ0v) is 52.5. The Labute approximate surface area is 559 Å². The van der Waals surface area contributed by atoms with Gasteiger partial charge < -0.3 is 214 Å². The van der Waals surface area contributed by atoms with Crippen molar-refractivity contribution in [1.29, 1.82) is 0 Å². The molecule has 0 aromatic heterocycles. The molecule has 99 heavy (non-hydrogen) atoms. The molecule has 0 bridgehead atoms. The Bertz CT molecular complexity index is 2500. The van der Waals surface area contributed by atoms with E-state index in [-0.39, 0.29) is 0 Å². The van der Waals surface area contributed by atoms with Crippen LogP contribution in [-0.2, 0) is 80.6 Å². The number of hydrogen-bond donors (Lipinski definition) is 28. The Morgan fingerprint density at radius 3 is 1.16 bits per heavy atom. The van der Waals surface area contributed by atoms with Crippen LogP contribution in [0.4, 0.5) is 0 Å². The molecule has 8 saturated heterocycles. The van der Waals surface area contributed by atoms with Crippen LogP contribution in [-0.4, -0.2) is 455 Å². The fraction of sp³-hybridized carbons (Fsp3) is 0.963. The van der Waals surface area contributed by atoms with Crippen LogP contribution in [0.5, 0.6) is 0 Å². The molecule has 42 atom stereocenters. The lowest BCUT2D eigenvalue weighted by molar-refractivity contribution is -0.395. The van der Waals surface area contributed by atoms with Crippen molar-refractivity contribution in [2.75, 3.05) is 52.9 Å². The van der Waals surface area contributed by atoms with E-state index in [1.165, 1.54) is 0 Å². The van der Waals surface area contributed by atoms with E-state index in [2.05, 4.69) is 10.6 Å². The van der Waals surface area contributed by atoms with E-state index >= 15 is 0 Å². The normalized spacial score (nSPS) is 49.9. The highest BCUT2D eigenvalue weighted by molar-refractivity contribution is 5.73. The van der Waals surface area contributed by atoms with Crippen LogP contribution in [0.1, 0.15) is 13.8 Å². The number of ether oxygens (including phenoxy) is 15. The van der Waals surface area contributed by atoms with Gasteiger partial charge in [-0.3, -0.25) is 9.59 Å². The first-order valence-corrected chi connectivity index (χ1v) is 31.3. The van der Waals surface area contributed by atoms with Gasteiger partial charge in [0.05, 0.1) is 52.9 Å². The van der Waals surface area contributed by atoms with E-state index in [0.717, 1.165) is 13.8 Å². The zero-order valence-electron chi connectivity index (χ0n) is 52.5. The number of hydrogen-bond acceptors (Lipinski definition) is 43. The van der Waals surface area contributed by atoms with Crippen molar-refractivity contribution < 1.29 is 213 Å². The van der Waals surface area contributed by atoms with E-state index in [4.69, 9.17) is 71.1 Å². The van der Waals surface area contributed by atoms with Crippen LogP contribution in [0.3, 0.4) is 0 Å². The molecule has 0 aromatic carbocycles. The van der Waals surface area contributed by atoms with E-state index < -0.39 is 322 Å². The third-order valence-corrected chi connectivity index (χ3v) is 18.1. The third kappa shape index (κ3) is 17.9. The lowest BCUT2D eigenvalue weighted by Crippen LogP contribution is -2.70. The lowest BCUT2D eigenvalue weighted by atomic mass is 9.93. The number of carbonyl (C=O) groups excluding carboxylic acids is 2. The van der Waals surface area contributed by atoms with Gasteiger partial charge in [0.15, 0.2) is 50.3 Å². The van der Waals surface area contributed by atoms with E-state index in [1.54, 1.807) is 0 Å². The maximum atomic E-state index is 12.8. The molecule has 0 saturated carbocycles. The van der Waals surface area contributed by atoms with Gasteiger partial charge in [0.2, 0.25) is 11.8 Å². The quantitative estimate of drug-likeness (QED) is 0.0382. The zero-order chi connectivity index (χ0) is 73.1. The molecule has 0 spiro atoms. The van der Waals surface area contributed by atoms with E-state index in [0.29, 0.717) is 0 Å². The van der Waals surface area contributed by atoms with Crippen LogP contribution in [0.15, 0.2) is 0 Å². The Balaban J connectivity index is 1.03. The minimum Gasteiger partial charge on any atom is -0.394 e. The van der Waals surface area contributed by atoms with Gasteiger partial charge in [0.1, 0.15) is 207 Å². The summed E-state index contributed by atoms with van der Waals surface area (Å²) in [6, 6.07) is -3.43. The minimum absolute atomic E-state index is 0.728. The number of aliphatic hydroxyl groups is 26. The fourth-order valence-corrected chi connectivity index (χ4v) is 12.5. The van der Waals surface area contributed by atoms with Crippen molar-refractivity contribution in [2.24, 2.45) is 0 Å². The standard InChI is InChI=1S/C54H92N2O43/c1-11(63)55-21-27(71)23(67)15(5-59)87-48(21)85-9-19-25(69)30(74)36(80)52(91-19)95-42-18(8-62)90-49(22(28(42)72)56-12(2)64)97-44-26(70)17(7-61)89-54(39(44)83)96-43-20(92-53(38(82)32(43)76)98-45-31(75)34(78)47(84)93-40(45)13(65)3-57)10-86-50-37(81)33(77)46(41(94-50)14(66)4-58)99-51-35(79)29(73)24(68)16(6-60)88-51/h13-54,57-62,65-84H,3-10H2,1-2H3,(H,55,63)(H,56,64)/t13-,14+,15+,16+,17+,18+,19+,20+,21+,22+,23-,24+,25-,26-,27+,28+,29-,30-,31+,32+,33+,34-,35+,36+,37-,38+,39+,40+,41+,42+,43+,44-,45-,46-,47-,48-,49-,50-,51-,52-,53-,54-/m0/s1. The first kappa shape index (κ1) is 82.0. The molecular formula is C54H92N2O43. The largest absolute Gasteiger partial charge is 0.394 e. The van der Waals surface area contributed by atoms with Gasteiger partial charge in [0, 0.05) is 13.8 Å². The average Bonchev–Trinajstić information content (AvgIpc) is 0.783. The Morgan fingerprint density at radius 2 is 0.657 bits per heavy atom. The van der Waals surface area contributed by atoms with Crippen molar-refractivity contribution in [3.05, 3.63) is 0 Å². The summed E-state index contributed by atoms with van der Waals surface area (Å²) in [6.45, 7) is -6.44. The summed E-state index contributed by atoms with van der Waals surface area (Å²) in [5, 5.41) is 287. The van der Waals surface area contributed by atoms with Crippen LogP contribution in [0.2, 0.25) is 0 Å². The summed E-state index contributed by atoms with van der Waals surface area (Å²) in [4.78, 5) is 24.9. The van der Waals surface area contributed by atoms with Crippen molar-refractivity contribution >= 4 is 11.8 Å². The molecule has 45 heteroatoms. The predicted octanol–water partition coefficient (Wildman–Crippen LogP) is -19.4. The third-order valence-electron chi connectivity index (χ3n) is 18.1. The Hall–Kier alpha value is -2.70. The number of nitrogens with one attached hydrogen (secondary N) is 2. The van der Waals surface area contributed by atoms with Crippen molar-refractivity contribution in [3.8, 4) is 0 Å². The second-order valence-corrected chi connectivity index (χ2v) is 24.9. The molecule has 0 unspecified atom stereocenters. The summed E-state index contributed by atoms with van der Waals surface area (Å²) < 4.78 is 85.9. The van der Waals surface area contributed by atoms with Gasteiger partial charge in [-0.1, -0.05) is 0 Å². The smallest absolute Gasteiger partial charge is 0.217 e. The molecule has 8 fully saturated rings. The highest BCUT2D eigenvalue weighted by atomic mass is 16.8. The molecular weight excluding hydrogens is 1360 g/mol. The molecule has 45 nitrogen and oxygen atoms in total.